The number of carbonyl (C=O) groups excluding carboxylic acids is 2. The Morgan fingerprint density at radius 3 is 2.79 bits per heavy atom. The number of carbonyl (C=O) groups is 2. The van der Waals surface area contributed by atoms with Crippen LogP contribution < -0.4 is 10.1 Å². The molecule has 1 amide bonds. The van der Waals surface area contributed by atoms with Crippen LogP contribution in [-0.4, -0.2) is 70.0 Å². The summed E-state index contributed by atoms with van der Waals surface area (Å²) in [5.74, 6) is -0.202. The second-order valence-electron chi connectivity index (χ2n) is 10.7. The van der Waals surface area contributed by atoms with Crippen LogP contribution in [0.25, 0.3) is 0 Å². The van der Waals surface area contributed by atoms with Crippen molar-refractivity contribution in [3.63, 3.8) is 0 Å². The van der Waals surface area contributed by atoms with Gasteiger partial charge in [-0.25, -0.2) is 0 Å². The number of likely N-dealkylation sites (tertiary alicyclic amines) is 1. The molecule has 6 rings (SSSR count). The van der Waals surface area contributed by atoms with Crippen LogP contribution in [0.15, 0.2) is 54.3 Å². The molecule has 0 radical (unpaired) electrons. The number of piperidine rings is 1. The summed E-state index contributed by atoms with van der Waals surface area (Å²) >= 11 is 0. The third-order valence-electron chi connectivity index (χ3n) is 8.85. The van der Waals surface area contributed by atoms with E-state index in [1.807, 2.05) is 19.2 Å². The van der Waals surface area contributed by atoms with E-state index in [0.717, 1.165) is 17.7 Å². The number of hydrogen-bond donors (Lipinski definition) is 4. The van der Waals surface area contributed by atoms with Crippen LogP contribution >= 0.6 is 0 Å². The lowest BCUT2D eigenvalue weighted by Crippen LogP contribution is -2.74. The van der Waals surface area contributed by atoms with Crippen molar-refractivity contribution in [3.05, 3.63) is 76.6 Å². The van der Waals surface area contributed by atoms with E-state index in [4.69, 9.17) is 9.47 Å². The number of amides is 1. The number of aliphatic hydroxyl groups excluding tert-OH is 2. The zero-order valence-corrected chi connectivity index (χ0v) is 21.2. The fourth-order valence-electron chi connectivity index (χ4n) is 6.99. The molecule has 5 atom stereocenters. The first kappa shape index (κ1) is 25.1. The van der Waals surface area contributed by atoms with Gasteiger partial charge in [0.2, 0.25) is 0 Å². The van der Waals surface area contributed by atoms with Crippen LogP contribution in [0.5, 0.6) is 5.75 Å². The van der Waals surface area contributed by atoms with Crippen molar-refractivity contribution in [1.82, 2.24) is 10.2 Å². The van der Waals surface area contributed by atoms with Crippen LogP contribution in [0.4, 0.5) is 0 Å². The Balaban J connectivity index is 1.20. The highest BCUT2D eigenvalue weighted by atomic mass is 16.6. The number of hydrogen-bond acceptors (Lipinski definition) is 8. The molecule has 2 aromatic rings. The normalized spacial score (nSPS) is 29.5. The summed E-state index contributed by atoms with van der Waals surface area (Å²) in [5, 5.41) is 35.0. The first-order valence-electron chi connectivity index (χ1n) is 13.1. The molecule has 0 aromatic heterocycles. The van der Waals surface area contributed by atoms with Gasteiger partial charge in [0, 0.05) is 30.1 Å². The van der Waals surface area contributed by atoms with Crippen molar-refractivity contribution < 1.29 is 34.4 Å². The molecule has 0 saturated carbocycles. The number of aliphatic hydroxyl groups is 3. The molecule has 1 saturated heterocycles. The van der Waals surface area contributed by atoms with Gasteiger partial charge < -0.3 is 35.0 Å². The second kappa shape index (κ2) is 9.20. The van der Waals surface area contributed by atoms with Gasteiger partial charge in [0.25, 0.3) is 5.91 Å². The van der Waals surface area contributed by atoms with E-state index in [9.17, 15) is 24.9 Å². The fraction of sp³-hybridized carbons (Fsp3) is 0.448. The molecule has 2 bridgehead atoms. The van der Waals surface area contributed by atoms with Gasteiger partial charge in [-0.1, -0.05) is 42.5 Å². The summed E-state index contributed by atoms with van der Waals surface area (Å²) in [6.45, 7) is 0.563. The lowest BCUT2D eigenvalue weighted by molar-refractivity contribution is -0.169. The summed E-state index contributed by atoms with van der Waals surface area (Å²) in [7, 11) is 2.02. The molecule has 1 fully saturated rings. The molecule has 4 N–H and O–H groups in total. The Labute approximate surface area is 220 Å². The molecule has 2 aliphatic heterocycles. The van der Waals surface area contributed by atoms with Crippen molar-refractivity contribution in [1.29, 1.82) is 0 Å². The van der Waals surface area contributed by atoms with Crippen molar-refractivity contribution >= 4 is 11.9 Å². The summed E-state index contributed by atoms with van der Waals surface area (Å²) in [6.07, 6.45) is 1.24. The number of nitrogens with one attached hydrogen (secondary N) is 1. The van der Waals surface area contributed by atoms with Crippen molar-refractivity contribution in [2.75, 3.05) is 20.1 Å². The summed E-state index contributed by atoms with van der Waals surface area (Å²) < 4.78 is 12.3. The van der Waals surface area contributed by atoms with Gasteiger partial charge in [-0.15, -0.1) is 0 Å². The molecule has 1 spiro atoms. The molecule has 9 nitrogen and oxygen atoms in total. The molecule has 9 heteroatoms. The number of rotatable bonds is 7. The van der Waals surface area contributed by atoms with E-state index < -0.39 is 35.1 Å². The summed E-state index contributed by atoms with van der Waals surface area (Å²) in [4.78, 5) is 27.3. The lowest BCUT2D eigenvalue weighted by Gasteiger charge is -2.61. The van der Waals surface area contributed by atoms with Crippen molar-refractivity contribution in [2.24, 2.45) is 0 Å². The maximum atomic E-state index is 12.8. The molecule has 2 aliphatic carbocycles. The van der Waals surface area contributed by atoms with Crippen LogP contribution in [0.1, 0.15) is 47.6 Å². The average Bonchev–Trinajstić information content (AvgIpc) is 3.28. The standard InChI is InChI=1S/C29H32N2O7/c1-31-14-12-28-23-18-7-8-19(16-32)25(23)38-26(28)20(9-11-29(28,36)21(31)15-18)37-22(33)10-13-30-27(35)24(34)17-5-3-2-4-6-17/h2-9,21,24,26,32,34,36H,10-16H2,1H3,(H,30,35)/t21-,24+,26?,28?,29-/m1/s1. The maximum Gasteiger partial charge on any atom is 0.312 e. The largest absolute Gasteiger partial charge is 0.481 e. The quantitative estimate of drug-likeness (QED) is 0.402. The molecule has 2 unspecified atom stereocenters. The molecular weight excluding hydrogens is 488 g/mol. The lowest BCUT2D eigenvalue weighted by atomic mass is 9.50. The highest BCUT2D eigenvalue weighted by molar-refractivity contribution is 5.82. The monoisotopic (exact) mass is 520 g/mol. The number of likely N-dealkylation sites (N-methyl/N-ethyl adjacent to an activating group) is 1. The first-order valence-corrected chi connectivity index (χ1v) is 13.1. The van der Waals surface area contributed by atoms with Gasteiger partial charge in [0.05, 0.1) is 24.0 Å². The predicted molar refractivity (Wildman–Crippen MR) is 136 cm³/mol. The van der Waals surface area contributed by atoms with Crippen LogP contribution in [-0.2, 0) is 32.8 Å². The van der Waals surface area contributed by atoms with Gasteiger partial charge in [-0.2, -0.15) is 0 Å². The van der Waals surface area contributed by atoms with Crippen LogP contribution in [0.2, 0.25) is 0 Å². The van der Waals surface area contributed by atoms with Gasteiger partial charge >= 0.3 is 5.97 Å². The second-order valence-corrected chi connectivity index (χ2v) is 10.7. The minimum Gasteiger partial charge on any atom is -0.481 e. The SMILES string of the molecule is CN1CCC23c4c5ccc(CO)c4OC2C(OC(=O)CCNC(=O)[C@@H](O)c2ccccc2)=CC[C@@]3(O)[C@H]1C5. The zero-order valence-electron chi connectivity index (χ0n) is 21.2. The fourth-order valence-corrected chi connectivity index (χ4v) is 6.99. The number of nitrogens with zero attached hydrogens (tertiary/aromatic N) is 1. The summed E-state index contributed by atoms with van der Waals surface area (Å²) in [5.41, 5.74) is 1.26. The zero-order chi connectivity index (χ0) is 26.7. The topological polar surface area (TPSA) is 129 Å². The van der Waals surface area contributed by atoms with Gasteiger partial charge in [0.15, 0.2) is 12.2 Å². The number of benzene rings is 2. The van der Waals surface area contributed by atoms with Crippen molar-refractivity contribution in [2.45, 2.75) is 61.6 Å². The third-order valence-corrected chi connectivity index (χ3v) is 8.85. The van der Waals surface area contributed by atoms with Crippen LogP contribution in [0.3, 0.4) is 0 Å². The first-order chi connectivity index (χ1) is 18.3. The molecule has 4 aliphatic rings. The Hall–Kier alpha value is -3.24. The summed E-state index contributed by atoms with van der Waals surface area (Å²) in [6, 6.07) is 12.3. The van der Waals surface area contributed by atoms with Crippen LogP contribution in [0, 0.1) is 0 Å². The molecular formula is C29H32N2O7. The average molecular weight is 521 g/mol. The highest BCUT2D eigenvalue weighted by Crippen LogP contribution is 2.64. The minimum atomic E-state index is -1.32. The molecule has 2 heterocycles. The predicted octanol–water partition coefficient (Wildman–Crippen LogP) is 1.24. The highest BCUT2D eigenvalue weighted by Gasteiger charge is 2.71. The Morgan fingerprint density at radius 1 is 1.24 bits per heavy atom. The van der Waals surface area contributed by atoms with Gasteiger partial charge in [-0.05, 0) is 43.6 Å². The Kier molecular flexibility index (Phi) is 6.07. The van der Waals surface area contributed by atoms with Gasteiger partial charge in [-0.3, -0.25) is 9.59 Å². The van der Waals surface area contributed by atoms with E-state index in [1.165, 1.54) is 0 Å². The minimum absolute atomic E-state index is 0.00134. The molecule has 2 aromatic carbocycles. The molecule has 38 heavy (non-hydrogen) atoms. The third kappa shape index (κ3) is 3.53. The van der Waals surface area contributed by atoms with E-state index >= 15 is 0 Å². The van der Waals surface area contributed by atoms with Gasteiger partial charge in [0.1, 0.15) is 11.5 Å². The van der Waals surface area contributed by atoms with E-state index in [1.54, 1.807) is 36.4 Å². The van der Waals surface area contributed by atoms with Crippen molar-refractivity contribution in [3.8, 4) is 5.75 Å². The van der Waals surface area contributed by atoms with E-state index in [0.29, 0.717) is 41.9 Å². The van der Waals surface area contributed by atoms with E-state index in [-0.39, 0.29) is 25.6 Å². The van der Waals surface area contributed by atoms with E-state index in [2.05, 4.69) is 10.2 Å². The Morgan fingerprint density at radius 2 is 2.03 bits per heavy atom. The number of esters is 1. The maximum absolute atomic E-state index is 12.8. The molecule has 200 valence electrons. The Bertz CT molecular complexity index is 1310. The smallest absolute Gasteiger partial charge is 0.312 e. The number of ether oxygens (including phenoxy) is 2.